The van der Waals surface area contributed by atoms with Crippen LogP contribution in [0.5, 0.6) is 0 Å². The van der Waals surface area contributed by atoms with Crippen LogP contribution in [0.2, 0.25) is 5.02 Å². The zero-order valence-electron chi connectivity index (χ0n) is 16.2. The number of hydrogen-bond acceptors (Lipinski definition) is 4. The van der Waals surface area contributed by atoms with Crippen molar-refractivity contribution in [2.24, 2.45) is 0 Å². The van der Waals surface area contributed by atoms with Crippen molar-refractivity contribution in [3.63, 3.8) is 0 Å². The van der Waals surface area contributed by atoms with E-state index in [0.29, 0.717) is 31.9 Å². The quantitative estimate of drug-likeness (QED) is 0.623. The summed E-state index contributed by atoms with van der Waals surface area (Å²) in [5.41, 5.74) is 1.54. The summed E-state index contributed by atoms with van der Waals surface area (Å²) >= 11 is 6.15. The van der Waals surface area contributed by atoms with Crippen molar-refractivity contribution in [2.45, 2.75) is 25.2 Å². The molecule has 0 radical (unpaired) electrons. The Kier molecular flexibility index (Phi) is 7.86. The van der Waals surface area contributed by atoms with Crippen LogP contribution in [0.3, 0.4) is 0 Å². The first-order chi connectivity index (χ1) is 13.3. The SMILES string of the molecule is CCOCCCNC(=O)c1cc(N(C)S(=O)(=O)c2ccc(C)cc2)ccc1Cl. The normalized spacial score (nSPS) is 11.3. The van der Waals surface area contributed by atoms with Gasteiger partial charge in [-0.1, -0.05) is 29.3 Å². The molecule has 28 heavy (non-hydrogen) atoms. The van der Waals surface area contributed by atoms with Gasteiger partial charge in [0.25, 0.3) is 15.9 Å². The average molecular weight is 425 g/mol. The van der Waals surface area contributed by atoms with Crippen LogP contribution in [-0.2, 0) is 14.8 Å². The first-order valence-electron chi connectivity index (χ1n) is 8.98. The second-order valence-electron chi connectivity index (χ2n) is 6.26. The Morgan fingerprint density at radius 3 is 2.50 bits per heavy atom. The molecule has 0 atom stereocenters. The molecule has 2 aromatic carbocycles. The molecule has 0 aliphatic heterocycles. The Morgan fingerprint density at radius 2 is 1.86 bits per heavy atom. The van der Waals surface area contributed by atoms with Gasteiger partial charge in [0.15, 0.2) is 0 Å². The highest BCUT2D eigenvalue weighted by molar-refractivity contribution is 7.92. The van der Waals surface area contributed by atoms with E-state index in [1.54, 1.807) is 30.3 Å². The van der Waals surface area contributed by atoms with E-state index in [-0.39, 0.29) is 21.4 Å². The third kappa shape index (κ3) is 5.47. The predicted molar refractivity (Wildman–Crippen MR) is 112 cm³/mol. The lowest BCUT2D eigenvalue weighted by Crippen LogP contribution is -2.28. The molecule has 0 aliphatic carbocycles. The fourth-order valence-corrected chi connectivity index (χ4v) is 3.90. The summed E-state index contributed by atoms with van der Waals surface area (Å²) in [5.74, 6) is -0.357. The van der Waals surface area contributed by atoms with E-state index >= 15 is 0 Å². The minimum Gasteiger partial charge on any atom is -0.382 e. The lowest BCUT2D eigenvalue weighted by molar-refractivity contribution is 0.0944. The average Bonchev–Trinajstić information content (AvgIpc) is 2.67. The van der Waals surface area contributed by atoms with Crippen molar-refractivity contribution in [3.05, 3.63) is 58.6 Å². The highest BCUT2D eigenvalue weighted by Crippen LogP contribution is 2.27. The molecule has 0 fully saturated rings. The monoisotopic (exact) mass is 424 g/mol. The fraction of sp³-hybridized carbons (Fsp3) is 0.350. The van der Waals surface area contributed by atoms with Gasteiger partial charge in [-0.3, -0.25) is 9.10 Å². The maximum absolute atomic E-state index is 12.9. The number of nitrogens with one attached hydrogen (secondary N) is 1. The Bertz CT molecular complexity index is 914. The first-order valence-corrected chi connectivity index (χ1v) is 10.8. The molecule has 1 amide bonds. The maximum Gasteiger partial charge on any atom is 0.264 e. The van der Waals surface area contributed by atoms with Crippen LogP contribution in [0.4, 0.5) is 5.69 Å². The molecule has 0 heterocycles. The van der Waals surface area contributed by atoms with Gasteiger partial charge in [-0.05, 0) is 50.6 Å². The molecule has 0 unspecified atom stereocenters. The lowest BCUT2D eigenvalue weighted by Gasteiger charge is -2.20. The van der Waals surface area contributed by atoms with Crippen molar-refractivity contribution >= 4 is 33.2 Å². The molecule has 0 aromatic heterocycles. The number of ether oxygens (including phenoxy) is 1. The number of benzene rings is 2. The zero-order chi connectivity index (χ0) is 20.7. The van der Waals surface area contributed by atoms with Crippen LogP contribution < -0.4 is 9.62 Å². The highest BCUT2D eigenvalue weighted by atomic mass is 35.5. The number of hydrogen-bond donors (Lipinski definition) is 1. The van der Waals surface area contributed by atoms with E-state index in [4.69, 9.17) is 16.3 Å². The third-order valence-corrected chi connectivity index (χ3v) is 6.32. The topological polar surface area (TPSA) is 75.7 Å². The summed E-state index contributed by atoms with van der Waals surface area (Å²) < 4.78 is 32.1. The van der Waals surface area contributed by atoms with Gasteiger partial charge in [0.2, 0.25) is 0 Å². The van der Waals surface area contributed by atoms with Crippen molar-refractivity contribution in [2.75, 3.05) is 31.1 Å². The predicted octanol–water partition coefficient (Wildman–Crippen LogP) is 3.63. The van der Waals surface area contributed by atoms with Crippen molar-refractivity contribution in [1.82, 2.24) is 5.32 Å². The summed E-state index contributed by atoms with van der Waals surface area (Å²) in [6.07, 6.45) is 0.679. The van der Waals surface area contributed by atoms with Crippen molar-refractivity contribution in [3.8, 4) is 0 Å². The minimum atomic E-state index is -3.75. The molecule has 0 spiro atoms. The van der Waals surface area contributed by atoms with Crippen LogP contribution in [0.25, 0.3) is 0 Å². The van der Waals surface area contributed by atoms with Crippen molar-refractivity contribution in [1.29, 1.82) is 0 Å². The van der Waals surface area contributed by atoms with Crippen LogP contribution in [0, 0.1) is 6.92 Å². The van der Waals surface area contributed by atoms with Crippen LogP contribution in [0.1, 0.15) is 29.3 Å². The molecule has 0 saturated heterocycles. The Morgan fingerprint density at radius 1 is 1.18 bits per heavy atom. The largest absolute Gasteiger partial charge is 0.382 e. The molecule has 8 heteroatoms. The minimum absolute atomic E-state index is 0.178. The lowest BCUT2D eigenvalue weighted by atomic mass is 10.2. The molecule has 0 saturated carbocycles. The molecular weight excluding hydrogens is 400 g/mol. The smallest absolute Gasteiger partial charge is 0.264 e. The zero-order valence-corrected chi connectivity index (χ0v) is 17.8. The summed E-state index contributed by atoms with van der Waals surface area (Å²) in [5, 5.41) is 3.03. The van der Waals surface area contributed by atoms with E-state index < -0.39 is 10.0 Å². The van der Waals surface area contributed by atoms with Gasteiger partial charge in [-0.15, -0.1) is 0 Å². The molecule has 152 valence electrons. The number of carbonyl (C=O) groups excluding carboxylic acids is 1. The van der Waals surface area contributed by atoms with Gasteiger partial charge < -0.3 is 10.1 Å². The number of nitrogens with zero attached hydrogens (tertiary/aromatic N) is 1. The first kappa shape index (κ1) is 22.2. The summed E-state index contributed by atoms with van der Waals surface area (Å²) in [6, 6.07) is 11.2. The fourth-order valence-electron chi connectivity index (χ4n) is 2.51. The molecule has 6 nitrogen and oxygen atoms in total. The summed E-state index contributed by atoms with van der Waals surface area (Å²) in [6.45, 7) is 5.42. The molecule has 0 aliphatic rings. The standard InChI is InChI=1S/C20H25ClN2O4S/c1-4-27-13-5-12-22-20(24)18-14-16(8-11-19(18)21)23(3)28(25,26)17-9-6-15(2)7-10-17/h6-11,14H,4-5,12-13H2,1-3H3,(H,22,24). The number of sulfonamides is 1. The van der Waals surface area contributed by atoms with Crippen LogP contribution >= 0.6 is 11.6 Å². The number of halogens is 1. The number of carbonyl (C=O) groups is 1. The van der Waals surface area contributed by atoms with Crippen LogP contribution in [-0.4, -0.2) is 41.1 Å². The Hall–Kier alpha value is -2.09. The van der Waals surface area contributed by atoms with E-state index in [9.17, 15) is 13.2 Å². The highest BCUT2D eigenvalue weighted by Gasteiger charge is 2.22. The second-order valence-corrected chi connectivity index (χ2v) is 8.63. The second kappa shape index (κ2) is 9.91. The van der Waals surface area contributed by atoms with E-state index in [1.807, 2.05) is 13.8 Å². The number of anilines is 1. The number of rotatable bonds is 9. The molecule has 2 aromatic rings. The van der Waals surface area contributed by atoms with Gasteiger partial charge >= 0.3 is 0 Å². The van der Waals surface area contributed by atoms with Gasteiger partial charge in [0, 0.05) is 26.8 Å². The summed E-state index contributed by atoms with van der Waals surface area (Å²) in [4.78, 5) is 12.6. The van der Waals surface area contributed by atoms with E-state index in [2.05, 4.69) is 5.32 Å². The van der Waals surface area contributed by atoms with Crippen LogP contribution in [0.15, 0.2) is 47.4 Å². The molecular formula is C20H25ClN2O4S. The maximum atomic E-state index is 12.9. The molecule has 1 N–H and O–H groups in total. The third-order valence-electron chi connectivity index (χ3n) is 4.19. The van der Waals surface area contributed by atoms with E-state index in [1.165, 1.54) is 19.2 Å². The van der Waals surface area contributed by atoms with Gasteiger partial charge in [-0.2, -0.15) is 0 Å². The molecule has 2 rings (SSSR count). The van der Waals surface area contributed by atoms with Gasteiger partial charge in [-0.25, -0.2) is 8.42 Å². The number of amides is 1. The number of aryl methyl sites for hydroxylation is 1. The summed E-state index contributed by atoms with van der Waals surface area (Å²) in [7, 11) is -2.30. The van der Waals surface area contributed by atoms with Crippen molar-refractivity contribution < 1.29 is 17.9 Å². The van der Waals surface area contributed by atoms with Gasteiger partial charge in [0.1, 0.15) is 0 Å². The molecule has 0 bridgehead atoms. The Balaban J connectivity index is 2.19. The Labute approximate surface area is 171 Å². The van der Waals surface area contributed by atoms with Gasteiger partial charge in [0.05, 0.1) is 21.2 Å². The van der Waals surface area contributed by atoms with E-state index in [0.717, 1.165) is 9.87 Å².